The summed E-state index contributed by atoms with van der Waals surface area (Å²) < 4.78 is 0. The van der Waals surface area contributed by atoms with E-state index in [1.807, 2.05) is 6.07 Å². The highest BCUT2D eigenvalue weighted by molar-refractivity contribution is 5.99. The molecule has 0 spiro atoms. The molecule has 1 aliphatic carbocycles. The fourth-order valence-electron chi connectivity index (χ4n) is 2.19. The Hall–Kier alpha value is -1.71. The van der Waals surface area contributed by atoms with Gasteiger partial charge in [-0.3, -0.25) is 4.79 Å². The van der Waals surface area contributed by atoms with Gasteiger partial charge in [0.1, 0.15) is 0 Å². The molecule has 5 N–H and O–H groups in total. The topological polar surface area (TPSA) is 81.1 Å². The van der Waals surface area contributed by atoms with Crippen molar-refractivity contribution in [1.82, 2.24) is 0 Å². The molecule has 0 heterocycles. The molecule has 1 aliphatic rings. The van der Waals surface area contributed by atoms with Gasteiger partial charge >= 0.3 is 0 Å². The molecule has 1 saturated carbocycles. The normalized spacial score (nSPS) is 17.2. The van der Waals surface area contributed by atoms with Crippen LogP contribution in [0.25, 0.3) is 0 Å². The summed E-state index contributed by atoms with van der Waals surface area (Å²) in [5.41, 5.74) is 13.1. The summed E-state index contributed by atoms with van der Waals surface area (Å²) in [6, 6.07) is 5.21. The van der Waals surface area contributed by atoms with Gasteiger partial charge in [-0.1, -0.05) is 13.3 Å². The van der Waals surface area contributed by atoms with Gasteiger partial charge in [0, 0.05) is 17.9 Å². The molecular weight excluding hydrogens is 214 g/mol. The van der Waals surface area contributed by atoms with E-state index in [9.17, 15) is 4.79 Å². The highest BCUT2D eigenvalue weighted by Crippen LogP contribution is 2.40. The molecule has 92 valence electrons. The Balaban J connectivity index is 2.12. The van der Waals surface area contributed by atoms with Crippen molar-refractivity contribution in [2.45, 2.75) is 26.2 Å². The number of hydrogen-bond donors (Lipinski definition) is 3. The van der Waals surface area contributed by atoms with Crippen LogP contribution in [0, 0.1) is 5.41 Å². The quantitative estimate of drug-likeness (QED) is 0.695. The van der Waals surface area contributed by atoms with Crippen molar-refractivity contribution >= 4 is 17.3 Å². The van der Waals surface area contributed by atoms with E-state index in [4.69, 9.17) is 11.5 Å². The Morgan fingerprint density at radius 2 is 2.18 bits per heavy atom. The minimum atomic E-state index is -0.446. The fourth-order valence-corrected chi connectivity index (χ4v) is 2.19. The largest absolute Gasteiger partial charge is 0.399 e. The summed E-state index contributed by atoms with van der Waals surface area (Å²) in [4.78, 5) is 11.3. The number of rotatable bonds is 4. The van der Waals surface area contributed by atoms with Crippen LogP contribution in [0.3, 0.4) is 0 Å². The number of anilines is 2. The molecule has 0 radical (unpaired) electrons. The molecule has 17 heavy (non-hydrogen) atoms. The minimum absolute atomic E-state index is 0.357. The summed E-state index contributed by atoms with van der Waals surface area (Å²) >= 11 is 0. The fraction of sp³-hybridized carbons (Fsp3) is 0.462. The minimum Gasteiger partial charge on any atom is -0.399 e. The number of benzene rings is 1. The third-order valence-corrected chi connectivity index (χ3v) is 3.58. The Kier molecular flexibility index (Phi) is 2.96. The summed E-state index contributed by atoms with van der Waals surface area (Å²) in [5.74, 6) is -0.446. The number of carbonyl (C=O) groups is 1. The Bertz CT molecular complexity index is 438. The SMILES string of the molecule is CC1(CNc2ccc(N)cc2C(N)=O)CCC1. The van der Waals surface area contributed by atoms with Crippen LogP contribution >= 0.6 is 0 Å². The second-order valence-corrected chi connectivity index (χ2v) is 5.19. The first-order valence-electron chi connectivity index (χ1n) is 5.93. The maximum absolute atomic E-state index is 11.3. The molecule has 0 saturated heterocycles. The van der Waals surface area contributed by atoms with Crippen molar-refractivity contribution in [3.63, 3.8) is 0 Å². The van der Waals surface area contributed by atoms with Gasteiger partial charge in [0.05, 0.1) is 5.56 Å². The van der Waals surface area contributed by atoms with E-state index in [1.54, 1.807) is 12.1 Å². The zero-order chi connectivity index (χ0) is 12.5. The molecule has 1 amide bonds. The van der Waals surface area contributed by atoms with Crippen LogP contribution in [-0.4, -0.2) is 12.5 Å². The molecule has 4 nitrogen and oxygen atoms in total. The lowest BCUT2D eigenvalue weighted by atomic mass is 9.70. The van der Waals surface area contributed by atoms with Crippen molar-refractivity contribution < 1.29 is 4.79 Å². The van der Waals surface area contributed by atoms with E-state index in [0.29, 0.717) is 16.7 Å². The molecule has 1 aromatic carbocycles. The summed E-state index contributed by atoms with van der Waals surface area (Å²) in [6.07, 6.45) is 3.77. The maximum Gasteiger partial charge on any atom is 0.250 e. The molecule has 0 unspecified atom stereocenters. The lowest BCUT2D eigenvalue weighted by Crippen LogP contribution is -2.33. The summed E-state index contributed by atoms with van der Waals surface area (Å²) in [7, 11) is 0. The Morgan fingerprint density at radius 1 is 1.47 bits per heavy atom. The van der Waals surface area contributed by atoms with Crippen LogP contribution in [0.15, 0.2) is 18.2 Å². The third-order valence-electron chi connectivity index (χ3n) is 3.58. The monoisotopic (exact) mass is 233 g/mol. The predicted octanol–water partition coefficient (Wildman–Crippen LogP) is 1.97. The maximum atomic E-state index is 11.3. The molecule has 0 bridgehead atoms. The molecule has 1 fully saturated rings. The van der Waals surface area contributed by atoms with Crippen molar-refractivity contribution in [2.75, 3.05) is 17.6 Å². The average Bonchev–Trinajstić information content (AvgIpc) is 2.24. The van der Waals surface area contributed by atoms with E-state index in [-0.39, 0.29) is 0 Å². The summed E-state index contributed by atoms with van der Waals surface area (Å²) in [6.45, 7) is 3.13. The first-order valence-corrected chi connectivity index (χ1v) is 5.93. The molecule has 1 aromatic rings. The van der Waals surface area contributed by atoms with Crippen LogP contribution in [0.5, 0.6) is 0 Å². The third kappa shape index (κ3) is 2.52. The molecule has 2 rings (SSSR count). The van der Waals surface area contributed by atoms with Crippen LogP contribution < -0.4 is 16.8 Å². The first-order chi connectivity index (χ1) is 8.00. The van der Waals surface area contributed by atoms with Gasteiger partial charge in [-0.05, 0) is 36.5 Å². The van der Waals surface area contributed by atoms with Crippen molar-refractivity contribution in [2.24, 2.45) is 11.1 Å². The average molecular weight is 233 g/mol. The number of hydrogen-bond acceptors (Lipinski definition) is 3. The number of nitrogens with two attached hydrogens (primary N) is 2. The van der Waals surface area contributed by atoms with Crippen LogP contribution in [0.1, 0.15) is 36.5 Å². The Morgan fingerprint density at radius 3 is 2.71 bits per heavy atom. The van der Waals surface area contributed by atoms with Gasteiger partial charge in [-0.15, -0.1) is 0 Å². The first kappa shape index (κ1) is 11.8. The van der Waals surface area contributed by atoms with Crippen molar-refractivity contribution in [1.29, 1.82) is 0 Å². The second kappa shape index (κ2) is 4.28. The van der Waals surface area contributed by atoms with E-state index >= 15 is 0 Å². The van der Waals surface area contributed by atoms with Gasteiger partial charge < -0.3 is 16.8 Å². The van der Waals surface area contributed by atoms with Crippen LogP contribution in [0.4, 0.5) is 11.4 Å². The molecule has 4 heteroatoms. The lowest BCUT2D eigenvalue weighted by Gasteiger charge is -2.38. The van der Waals surface area contributed by atoms with E-state index < -0.39 is 5.91 Å². The number of nitrogen functional groups attached to an aromatic ring is 1. The smallest absolute Gasteiger partial charge is 0.250 e. The van der Waals surface area contributed by atoms with Gasteiger partial charge in [0.2, 0.25) is 0 Å². The molecule has 0 atom stereocenters. The number of amides is 1. The van der Waals surface area contributed by atoms with Gasteiger partial charge in [-0.25, -0.2) is 0 Å². The highest BCUT2D eigenvalue weighted by atomic mass is 16.1. The second-order valence-electron chi connectivity index (χ2n) is 5.19. The number of carbonyl (C=O) groups excluding carboxylic acids is 1. The molecule has 0 aromatic heterocycles. The van der Waals surface area contributed by atoms with E-state index in [1.165, 1.54) is 19.3 Å². The highest BCUT2D eigenvalue weighted by Gasteiger charge is 2.31. The zero-order valence-electron chi connectivity index (χ0n) is 10.1. The van der Waals surface area contributed by atoms with Gasteiger partial charge in [-0.2, -0.15) is 0 Å². The zero-order valence-corrected chi connectivity index (χ0v) is 10.1. The molecular formula is C13H19N3O. The van der Waals surface area contributed by atoms with E-state index in [2.05, 4.69) is 12.2 Å². The summed E-state index contributed by atoms with van der Waals surface area (Å²) in [5, 5.41) is 3.31. The van der Waals surface area contributed by atoms with Gasteiger partial charge in [0.25, 0.3) is 5.91 Å². The number of primary amides is 1. The molecule has 0 aliphatic heterocycles. The van der Waals surface area contributed by atoms with E-state index in [0.717, 1.165) is 12.2 Å². The standard InChI is InChI=1S/C13H19N3O/c1-13(5-2-6-13)8-16-11-4-3-9(14)7-10(11)12(15)17/h3-4,7,16H,2,5-6,8,14H2,1H3,(H2,15,17). The number of nitrogens with one attached hydrogen (secondary N) is 1. The van der Waals surface area contributed by atoms with Crippen molar-refractivity contribution in [3.8, 4) is 0 Å². The van der Waals surface area contributed by atoms with Gasteiger partial charge in [0.15, 0.2) is 0 Å². The lowest BCUT2D eigenvalue weighted by molar-refractivity contribution is 0.100. The van der Waals surface area contributed by atoms with Crippen LogP contribution in [-0.2, 0) is 0 Å². The Labute approximate surface area is 101 Å². The van der Waals surface area contributed by atoms with Crippen LogP contribution in [0.2, 0.25) is 0 Å². The predicted molar refractivity (Wildman–Crippen MR) is 69.8 cm³/mol. The van der Waals surface area contributed by atoms with Crippen molar-refractivity contribution in [3.05, 3.63) is 23.8 Å².